The molecule has 0 radical (unpaired) electrons. The zero-order chi connectivity index (χ0) is 30.3. The standard InChI is InChI=1S/C6H9BrO2.C6H10O3.C5H8O2.CH6O3P.CH2O.Br3P/c2*1-3-9-6(8)5(2)4-7;1-3-5(6)7-4-2;1-5(2,3)4;1-2;1-4(2)3/h2-4H2,1H3;7H,2-4H2,1H3;3H,1,4H2,2H3;2-4H,1H3;1H2;/q;;;+1;;. The topological polar surface area (TPSA) is 177 Å². The summed E-state index contributed by atoms with van der Waals surface area (Å²) in [4.78, 5) is 62.4. The van der Waals surface area contributed by atoms with Crippen LogP contribution in [0, 0.1) is 0 Å². The van der Waals surface area contributed by atoms with Crippen molar-refractivity contribution in [3.63, 3.8) is 0 Å². The average molecular weight is 821 g/mol. The number of rotatable bonds is 8. The van der Waals surface area contributed by atoms with Crippen LogP contribution in [0.2, 0.25) is 0 Å². The Morgan fingerprint density at radius 2 is 1.14 bits per heavy atom. The summed E-state index contributed by atoms with van der Waals surface area (Å²) >= 11 is 12.6. The third-order valence-electron chi connectivity index (χ3n) is 1.93. The molecule has 11 nitrogen and oxygen atoms in total. The molecule has 17 heteroatoms. The number of hydrogen-bond acceptors (Lipinski definition) is 11. The van der Waals surface area contributed by atoms with Gasteiger partial charge in [0.15, 0.2) is 0 Å². The van der Waals surface area contributed by atoms with E-state index in [0.717, 1.165) is 12.7 Å². The maximum Gasteiger partial charge on any atom is 0.400 e. The molecule has 0 rings (SSSR count). The van der Waals surface area contributed by atoms with Crippen molar-refractivity contribution in [2.75, 3.05) is 38.4 Å². The van der Waals surface area contributed by atoms with Crippen molar-refractivity contribution in [1.29, 1.82) is 0 Å². The molecular formula is C19H35Br4O11P2+. The number of carbonyl (C=O) groups is 4. The molecule has 214 valence electrons. The first-order valence-electron chi connectivity index (χ1n) is 9.25. The van der Waals surface area contributed by atoms with E-state index < -0.39 is 13.9 Å². The normalized spacial score (nSPS) is 8.58. The largest absolute Gasteiger partial charge is 0.463 e. The lowest BCUT2D eigenvalue weighted by Gasteiger charge is -1.99. The van der Waals surface area contributed by atoms with Gasteiger partial charge in [0, 0.05) is 17.0 Å². The minimum Gasteiger partial charge on any atom is -0.463 e. The monoisotopic (exact) mass is 817 g/mol. The van der Waals surface area contributed by atoms with Gasteiger partial charge in [-0.15, -0.1) is 0 Å². The van der Waals surface area contributed by atoms with Gasteiger partial charge in [0.05, 0.1) is 32.0 Å². The molecule has 0 saturated heterocycles. The van der Waals surface area contributed by atoms with Crippen LogP contribution in [-0.4, -0.2) is 82.9 Å². The smallest absolute Gasteiger partial charge is 0.400 e. The fraction of sp³-hybridized carbons (Fsp3) is 0.474. The first-order valence-corrected chi connectivity index (χ1v) is 19.9. The number of aliphatic hydroxyl groups excluding tert-OH is 1. The summed E-state index contributed by atoms with van der Waals surface area (Å²) in [6.45, 7) is 18.9. The molecule has 36 heavy (non-hydrogen) atoms. The van der Waals surface area contributed by atoms with Gasteiger partial charge in [0.2, 0.25) is 0 Å². The molecule has 0 aliphatic rings. The number of alkyl halides is 1. The SMILES string of the molecule is BrP(Br)Br.C=C(CBr)C(=O)OCC.C=C(CO)C(=O)OCC.C=CC(=O)OCC.C=O.C[P+](O)(O)O. The predicted octanol–water partition coefficient (Wildman–Crippen LogP) is 4.90. The molecule has 4 N–H and O–H groups in total. The Morgan fingerprint density at radius 3 is 1.31 bits per heavy atom. The molecule has 0 spiro atoms. The van der Waals surface area contributed by atoms with Crippen LogP contribution in [0.1, 0.15) is 20.8 Å². The number of hydrogen-bond donors (Lipinski definition) is 4. The Bertz CT molecular complexity index is 564. The summed E-state index contributed by atoms with van der Waals surface area (Å²) in [5.41, 5.74) is 0.550. The first kappa shape index (κ1) is 48.9. The molecule has 0 heterocycles. The van der Waals surface area contributed by atoms with Crippen molar-refractivity contribution in [2.45, 2.75) is 20.8 Å². The summed E-state index contributed by atoms with van der Waals surface area (Å²) in [5.74, 6) is -1.21. The van der Waals surface area contributed by atoms with E-state index in [4.69, 9.17) is 24.6 Å². The molecule has 0 aromatic heterocycles. The molecular weight excluding hydrogens is 786 g/mol. The highest BCUT2D eigenvalue weighted by Gasteiger charge is 2.17. The van der Waals surface area contributed by atoms with Gasteiger partial charge in [-0.25, -0.2) is 14.4 Å². The summed E-state index contributed by atoms with van der Waals surface area (Å²) in [6, 6.07) is 0. The molecule has 0 saturated carbocycles. The van der Waals surface area contributed by atoms with Crippen molar-refractivity contribution in [1.82, 2.24) is 0 Å². The van der Waals surface area contributed by atoms with Gasteiger partial charge in [0.1, 0.15) is 17.5 Å². The second-order valence-corrected chi connectivity index (χ2v) is 22.6. The minimum absolute atomic E-state index is 0.0943. The Morgan fingerprint density at radius 1 is 0.861 bits per heavy atom. The maximum atomic E-state index is 10.6. The highest BCUT2D eigenvalue weighted by Crippen LogP contribution is 2.59. The highest BCUT2D eigenvalue weighted by molar-refractivity contribution is 9.93. The Balaban J connectivity index is -0.0000000789. The van der Waals surface area contributed by atoms with E-state index in [2.05, 4.69) is 96.3 Å². The summed E-state index contributed by atoms with van der Waals surface area (Å²) in [5, 5.41) is 8.81. The van der Waals surface area contributed by atoms with Crippen LogP contribution in [-0.2, 0) is 33.4 Å². The second-order valence-electron chi connectivity index (χ2n) is 4.96. The summed E-state index contributed by atoms with van der Waals surface area (Å²) < 4.78 is 13.4. The molecule has 0 unspecified atom stereocenters. The molecule has 0 aliphatic heterocycles. The lowest BCUT2D eigenvalue weighted by Crippen LogP contribution is -2.08. The van der Waals surface area contributed by atoms with Crippen LogP contribution in [0.3, 0.4) is 0 Å². The number of esters is 3. The molecule has 0 aromatic carbocycles. The zero-order valence-electron chi connectivity index (χ0n) is 20.5. The van der Waals surface area contributed by atoms with Gasteiger partial charge in [-0.3, -0.25) is 0 Å². The van der Waals surface area contributed by atoms with Crippen molar-refractivity contribution in [3.05, 3.63) is 37.0 Å². The van der Waals surface area contributed by atoms with Crippen LogP contribution in [0.25, 0.3) is 0 Å². The fourth-order valence-corrected chi connectivity index (χ4v) is 1.02. The lowest BCUT2D eigenvalue weighted by molar-refractivity contribution is -0.139. The van der Waals surface area contributed by atoms with Crippen molar-refractivity contribution < 1.29 is 53.2 Å². The van der Waals surface area contributed by atoms with Crippen LogP contribution in [0.15, 0.2) is 37.0 Å². The number of aliphatic hydroxyl groups is 1. The van der Waals surface area contributed by atoms with Crippen molar-refractivity contribution >= 4 is 99.1 Å². The third-order valence-corrected chi connectivity index (χ3v) is 2.61. The second kappa shape index (κ2) is 37.1. The van der Waals surface area contributed by atoms with Crippen molar-refractivity contribution in [3.8, 4) is 0 Å². The Hall–Kier alpha value is -0.0800. The molecule has 0 aromatic rings. The molecule has 0 bridgehead atoms. The summed E-state index contributed by atoms with van der Waals surface area (Å²) in [6.07, 6.45) is 1.14. The van der Waals surface area contributed by atoms with Gasteiger partial charge < -0.3 is 24.1 Å². The van der Waals surface area contributed by atoms with E-state index in [1.165, 1.54) is 0 Å². The van der Waals surface area contributed by atoms with Gasteiger partial charge in [-0.1, -0.05) is 35.7 Å². The maximum absolute atomic E-state index is 10.6. The Kier molecular flexibility index (Phi) is 50.4. The van der Waals surface area contributed by atoms with E-state index in [1.807, 2.05) is 6.79 Å². The molecule has 0 aliphatic carbocycles. The minimum atomic E-state index is -3.39. The van der Waals surface area contributed by atoms with E-state index in [9.17, 15) is 14.4 Å². The number of carbonyl (C=O) groups excluding carboxylic acids is 4. The molecule has 0 fully saturated rings. The van der Waals surface area contributed by atoms with E-state index >= 15 is 0 Å². The van der Waals surface area contributed by atoms with E-state index in [-0.39, 0.29) is 28.1 Å². The quantitative estimate of drug-likeness (QED) is 0.0862. The van der Waals surface area contributed by atoms with Crippen molar-refractivity contribution in [2.24, 2.45) is 0 Å². The number of halogens is 4. The van der Waals surface area contributed by atoms with Crippen LogP contribution in [0.4, 0.5) is 0 Å². The average Bonchev–Trinajstić information content (AvgIpc) is 2.79. The van der Waals surface area contributed by atoms with E-state index in [0.29, 0.717) is 30.7 Å². The Labute approximate surface area is 247 Å². The fourth-order valence-electron chi connectivity index (χ4n) is 0.787. The first-order chi connectivity index (χ1) is 16.5. The van der Waals surface area contributed by atoms with Crippen LogP contribution < -0.4 is 0 Å². The zero-order valence-corrected chi connectivity index (χ0v) is 28.6. The van der Waals surface area contributed by atoms with Gasteiger partial charge in [0.25, 0.3) is 0 Å². The third kappa shape index (κ3) is 70.0. The van der Waals surface area contributed by atoms with Gasteiger partial charge in [-0.2, -0.15) is 14.7 Å². The van der Waals surface area contributed by atoms with Gasteiger partial charge in [-0.05, 0) is 67.2 Å². The lowest BCUT2D eigenvalue weighted by atomic mass is 10.3. The number of ether oxygens (including phenoxy) is 3. The van der Waals surface area contributed by atoms with Crippen LogP contribution >= 0.6 is 74.4 Å². The van der Waals surface area contributed by atoms with E-state index in [1.54, 1.807) is 20.8 Å². The van der Waals surface area contributed by atoms with Gasteiger partial charge >= 0.3 is 25.9 Å². The molecule has 0 amide bonds. The highest BCUT2D eigenvalue weighted by atomic mass is 80.0. The van der Waals surface area contributed by atoms with Crippen LogP contribution in [0.5, 0.6) is 0 Å². The summed E-state index contributed by atoms with van der Waals surface area (Å²) in [7, 11) is -3.39. The molecule has 0 atom stereocenters. The predicted molar refractivity (Wildman–Crippen MR) is 160 cm³/mol.